The lowest BCUT2D eigenvalue weighted by Crippen LogP contribution is -2.50. The van der Waals surface area contributed by atoms with Crippen LogP contribution >= 0.6 is 0 Å². The predicted octanol–water partition coefficient (Wildman–Crippen LogP) is 1.82. The van der Waals surface area contributed by atoms with E-state index >= 15 is 0 Å². The first-order valence-corrected chi connectivity index (χ1v) is 10.7. The number of likely N-dealkylation sites (tertiary alicyclic amines) is 1. The van der Waals surface area contributed by atoms with Crippen molar-refractivity contribution >= 4 is 5.96 Å². The van der Waals surface area contributed by atoms with Gasteiger partial charge in [0.2, 0.25) is 0 Å². The minimum atomic E-state index is 0.250. The second kappa shape index (κ2) is 9.89. The molecule has 7 heteroatoms. The SMILES string of the molecule is CCNC(=NCCCn1cccn1)N1CC2OCCN(Cc3ccccc3)C2C1. The van der Waals surface area contributed by atoms with Gasteiger partial charge in [-0.15, -0.1) is 0 Å². The van der Waals surface area contributed by atoms with Gasteiger partial charge in [-0.25, -0.2) is 0 Å². The molecule has 0 aliphatic carbocycles. The fraction of sp³-hybridized carbons (Fsp3) is 0.545. The maximum atomic E-state index is 6.13. The highest BCUT2D eigenvalue weighted by Gasteiger charge is 2.41. The number of rotatable bonds is 7. The van der Waals surface area contributed by atoms with E-state index in [1.165, 1.54) is 5.56 Å². The molecular weight excluding hydrogens is 364 g/mol. The molecule has 0 amide bonds. The van der Waals surface area contributed by atoms with Crippen LogP contribution in [0.4, 0.5) is 0 Å². The number of hydrogen-bond donors (Lipinski definition) is 1. The van der Waals surface area contributed by atoms with Crippen molar-refractivity contribution < 1.29 is 4.74 Å². The number of benzene rings is 1. The number of aliphatic imine (C=N–C) groups is 1. The summed E-state index contributed by atoms with van der Waals surface area (Å²) in [5.41, 5.74) is 1.37. The zero-order valence-electron chi connectivity index (χ0n) is 17.3. The van der Waals surface area contributed by atoms with Crippen LogP contribution in [0.15, 0.2) is 53.8 Å². The van der Waals surface area contributed by atoms with Crippen LogP contribution in [0.25, 0.3) is 0 Å². The molecule has 2 aliphatic heterocycles. The summed E-state index contributed by atoms with van der Waals surface area (Å²) in [5.74, 6) is 1.01. The van der Waals surface area contributed by atoms with Gasteiger partial charge in [0.1, 0.15) is 0 Å². The quantitative estimate of drug-likeness (QED) is 0.440. The number of fused-ring (bicyclic) bond motifs is 1. The Morgan fingerprint density at radius 2 is 2.14 bits per heavy atom. The topological polar surface area (TPSA) is 57.9 Å². The average Bonchev–Trinajstić information content (AvgIpc) is 3.41. The van der Waals surface area contributed by atoms with Crippen molar-refractivity contribution in [3.63, 3.8) is 0 Å². The van der Waals surface area contributed by atoms with E-state index in [1.54, 1.807) is 0 Å². The number of morpholine rings is 1. The largest absolute Gasteiger partial charge is 0.373 e. The molecule has 2 saturated heterocycles. The van der Waals surface area contributed by atoms with E-state index in [0.29, 0.717) is 6.04 Å². The van der Waals surface area contributed by atoms with Gasteiger partial charge in [-0.05, 0) is 25.0 Å². The Labute approximate surface area is 173 Å². The first kappa shape index (κ1) is 19.9. The van der Waals surface area contributed by atoms with Crippen molar-refractivity contribution in [1.29, 1.82) is 0 Å². The molecule has 2 unspecified atom stereocenters. The van der Waals surface area contributed by atoms with Gasteiger partial charge in [-0.1, -0.05) is 30.3 Å². The van der Waals surface area contributed by atoms with Crippen molar-refractivity contribution in [2.24, 2.45) is 4.99 Å². The summed E-state index contributed by atoms with van der Waals surface area (Å²) < 4.78 is 8.09. The van der Waals surface area contributed by atoms with Crippen LogP contribution < -0.4 is 5.32 Å². The van der Waals surface area contributed by atoms with Crippen molar-refractivity contribution in [2.75, 3.05) is 39.3 Å². The van der Waals surface area contributed by atoms with Gasteiger partial charge in [0.15, 0.2) is 5.96 Å². The third-order valence-electron chi connectivity index (χ3n) is 5.65. The van der Waals surface area contributed by atoms with Crippen molar-refractivity contribution in [3.05, 3.63) is 54.4 Å². The summed E-state index contributed by atoms with van der Waals surface area (Å²) in [6, 6.07) is 13.1. The molecule has 2 aliphatic rings. The van der Waals surface area contributed by atoms with Gasteiger partial charge >= 0.3 is 0 Å². The average molecular weight is 397 g/mol. The van der Waals surface area contributed by atoms with Crippen LogP contribution in [-0.2, 0) is 17.8 Å². The van der Waals surface area contributed by atoms with Crippen molar-refractivity contribution in [2.45, 2.75) is 38.6 Å². The zero-order valence-corrected chi connectivity index (χ0v) is 17.3. The van der Waals surface area contributed by atoms with E-state index in [9.17, 15) is 0 Å². The Bertz CT molecular complexity index is 763. The first-order valence-electron chi connectivity index (χ1n) is 10.7. The number of hydrogen-bond acceptors (Lipinski definition) is 4. The molecule has 2 atom stereocenters. The van der Waals surface area contributed by atoms with Crippen LogP contribution in [0.3, 0.4) is 0 Å². The number of nitrogens with zero attached hydrogens (tertiary/aromatic N) is 5. The minimum absolute atomic E-state index is 0.250. The molecule has 29 heavy (non-hydrogen) atoms. The molecule has 1 aromatic carbocycles. The smallest absolute Gasteiger partial charge is 0.194 e. The number of aryl methyl sites for hydroxylation is 1. The highest BCUT2D eigenvalue weighted by Crippen LogP contribution is 2.24. The van der Waals surface area contributed by atoms with E-state index in [0.717, 1.165) is 64.8 Å². The van der Waals surface area contributed by atoms with Gasteiger partial charge in [0.05, 0.1) is 18.8 Å². The maximum Gasteiger partial charge on any atom is 0.194 e. The summed E-state index contributed by atoms with van der Waals surface area (Å²) in [6.07, 6.45) is 5.05. The van der Waals surface area contributed by atoms with Gasteiger partial charge in [-0.2, -0.15) is 5.10 Å². The predicted molar refractivity (Wildman–Crippen MR) is 115 cm³/mol. The third-order valence-corrected chi connectivity index (χ3v) is 5.65. The van der Waals surface area contributed by atoms with E-state index < -0.39 is 0 Å². The minimum Gasteiger partial charge on any atom is -0.373 e. The summed E-state index contributed by atoms with van der Waals surface area (Å²) in [5, 5.41) is 7.73. The highest BCUT2D eigenvalue weighted by molar-refractivity contribution is 5.80. The van der Waals surface area contributed by atoms with Crippen LogP contribution in [-0.4, -0.2) is 77.0 Å². The molecular formula is C22H32N6O. The van der Waals surface area contributed by atoms with Crippen molar-refractivity contribution in [3.8, 4) is 0 Å². The first-order chi connectivity index (χ1) is 14.3. The second-order valence-electron chi connectivity index (χ2n) is 7.70. The van der Waals surface area contributed by atoms with Gasteiger partial charge in [0.25, 0.3) is 0 Å². The summed E-state index contributed by atoms with van der Waals surface area (Å²) in [4.78, 5) is 9.82. The van der Waals surface area contributed by atoms with Crippen LogP contribution in [0.5, 0.6) is 0 Å². The van der Waals surface area contributed by atoms with Gasteiger partial charge in [-0.3, -0.25) is 14.6 Å². The molecule has 4 rings (SSSR count). The molecule has 0 radical (unpaired) electrons. The van der Waals surface area contributed by atoms with Crippen LogP contribution in [0.1, 0.15) is 18.9 Å². The monoisotopic (exact) mass is 396 g/mol. The van der Waals surface area contributed by atoms with Crippen molar-refractivity contribution in [1.82, 2.24) is 24.9 Å². The van der Waals surface area contributed by atoms with Crippen LogP contribution in [0.2, 0.25) is 0 Å². The maximum absolute atomic E-state index is 6.13. The number of guanidine groups is 1. The van der Waals surface area contributed by atoms with E-state index in [1.807, 2.05) is 23.1 Å². The molecule has 7 nitrogen and oxygen atoms in total. The van der Waals surface area contributed by atoms with E-state index in [-0.39, 0.29) is 6.10 Å². The Kier molecular flexibility index (Phi) is 6.79. The third kappa shape index (κ3) is 5.16. The Morgan fingerprint density at radius 1 is 1.24 bits per heavy atom. The molecule has 0 spiro atoms. The second-order valence-corrected chi connectivity index (χ2v) is 7.70. The molecule has 0 saturated carbocycles. The Balaban J connectivity index is 1.36. The molecule has 156 valence electrons. The fourth-order valence-electron chi connectivity index (χ4n) is 4.22. The summed E-state index contributed by atoms with van der Waals surface area (Å²) in [6.45, 7) is 9.33. The standard InChI is InChI=1S/C22H32N6O/c1-2-23-22(24-10-6-12-28-13-7-11-25-28)27-17-20-21(18-27)29-15-14-26(20)16-19-8-4-3-5-9-19/h3-5,7-9,11,13,20-21H,2,6,10,12,14-18H2,1H3,(H,23,24). The zero-order chi connectivity index (χ0) is 19.9. The number of ether oxygens (including phenoxy) is 1. The molecule has 0 bridgehead atoms. The molecule has 2 fully saturated rings. The van der Waals surface area contributed by atoms with E-state index in [4.69, 9.17) is 9.73 Å². The molecule has 1 N–H and O–H groups in total. The van der Waals surface area contributed by atoms with Gasteiger partial charge < -0.3 is 15.0 Å². The highest BCUT2D eigenvalue weighted by atomic mass is 16.5. The lowest BCUT2D eigenvalue weighted by atomic mass is 10.1. The summed E-state index contributed by atoms with van der Waals surface area (Å²) in [7, 11) is 0. The fourth-order valence-corrected chi connectivity index (χ4v) is 4.22. The van der Waals surface area contributed by atoms with Crippen LogP contribution in [0, 0.1) is 0 Å². The normalized spacial score (nSPS) is 22.7. The Hall–Kier alpha value is -2.38. The lowest BCUT2D eigenvalue weighted by Gasteiger charge is -2.36. The lowest BCUT2D eigenvalue weighted by molar-refractivity contribution is -0.0502. The molecule has 2 aromatic rings. The molecule has 3 heterocycles. The number of nitrogens with one attached hydrogen (secondary N) is 1. The molecule has 1 aromatic heterocycles. The van der Waals surface area contributed by atoms with Gasteiger partial charge in [0, 0.05) is 58.2 Å². The number of aromatic nitrogens is 2. The van der Waals surface area contributed by atoms with E-state index in [2.05, 4.69) is 57.5 Å². The summed E-state index contributed by atoms with van der Waals surface area (Å²) >= 11 is 0. The Morgan fingerprint density at radius 3 is 2.93 bits per heavy atom.